The highest BCUT2D eigenvalue weighted by molar-refractivity contribution is 7.15. The molecule has 6 heteroatoms. The number of nitrogens with one attached hydrogen (secondary N) is 1. The van der Waals surface area contributed by atoms with Crippen molar-refractivity contribution in [3.63, 3.8) is 0 Å². The summed E-state index contributed by atoms with van der Waals surface area (Å²) >= 11 is 1.19. The highest BCUT2D eigenvalue weighted by Crippen LogP contribution is 2.35. The second-order valence-electron chi connectivity index (χ2n) is 5.67. The minimum absolute atomic E-state index is 0.0897. The van der Waals surface area contributed by atoms with E-state index in [1.54, 1.807) is 17.5 Å². The number of rotatable bonds is 6. The summed E-state index contributed by atoms with van der Waals surface area (Å²) in [5.41, 5.74) is 2.56. The molecule has 0 aliphatic heterocycles. The number of para-hydroxylation sites is 1. The molecule has 0 aliphatic rings. The minimum Gasteiger partial charge on any atom is -0.484 e. The fraction of sp³-hybridized carbons (Fsp3) is 0.100. The Bertz CT molecular complexity index is 917. The molecule has 0 radical (unpaired) electrons. The number of hydrogen-bond donors (Lipinski definition) is 2. The maximum Gasteiger partial charge on any atom is 0.339 e. The van der Waals surface area contributed by atoms with Crippen molar-refractivity contribution in [3.8, 4) is 16.9 Å². The number of carbonyl (C=O) groups is 2. The third-order valence-electron chi connectivity index (χ3n) is 3.73. The lowest BCUT2D eigenvalue weighted by molar-refractivity contribution is -0.118. The zero-order valence-corrected chi connectivity index (χ0v) is 14.9. The van der Waals surface area contributed by atoms with E-state index >= 15 is 0 Å². The number of hydrogen-bond acceptors (Lipinski definition) is 4. The van der Waals surface area contributed by atoms with Crippen LogP contribution in [-0.2, 0) is 4.79 Å². The molecule has 1 heterocycles. The molecule has 0 spiro atoms. The molecule has 0 saturated heterocycles. The summed E-state index contributed by atoms with van der Waals surface area (Å²) in [6.07, 6.45) is 0. The standard InChI is InChI=1S/C20H17NO4S/c1-13-7-9-14(10-8-13)16-12-26-19(18(16)20(23)24)21-17(22)11-25-15-5-3-2-4-6-15/h2-10,12H,11H2,1H3,(H,21,22)(H,23,24). The van der Waals surface area contributed by atoms with Crippen LogP contribution >= 0.6 is 11.3 Å². The fourth-order valence-electron chi connectivity index (χ4n) is 2.44. The molecule has 0 saturated carbocycles. The van der Waals surface area contributed by atoms with Gasteiger partial charge in [0.25, 0.3) is 5.91 Å². The molecule has 0 atom stereocenters. The number of aryl methyl sites for hydroxylation is 1. The molecule has 2 N–H and O–H groups in total. The van der Waals surface area contributed by atoms with Crippen molar-refractivity contribution in [3.05, 3.63) is 71.1 Å². The lowest BCUT2D eigenvalue weighted by atomic mass is 10.0. The van der Waals surface area contributed by atoms with Crippen LogP contribution in [0.5, 0.6) is 5.75 Å². The van der Waals surface area contributed by atoms with Gasteiger partial charge in [0.15, 0.2) is 6.61 Å². The third-order valence-corrected chi connectivity index (χ3v) is 4.63. The first-order valence-electron chi connectivity index (χ1n) is 7.94. The van der Waals surface area contributed by atoms with Crippen LogP contribution in [0, 0.1) is 6.92 Å². The van der Waals surface area contributed by atoms with E-state index in [9.17, 15) is 14.7 Å². The molecule has 3 aromatic rings. The average Bonchev–Trinajstić information content (AvgIpc) is 3.05. The van der Waals surface area contributed by atoms with Gasteiger partial charge in [-0.1, -0.05) is 48.0 Å². The van der Waals surface area contributed by atoms with Gasteiger partial charge < -0.3 is 15.2 Å². The number of carboxylic acid groups (broad SMARTS) is 1. The largest absolute Gasteiger partial charge is 0.484 e. The summed E-state index contributed by atoms with van der Waals surface area (Å²) < 4.78 is 5.39. The average molecular weight is 367 g/mol. The Kier molecular flexibility index (Phi) is 5.34. The van der Waals surface area contributed by atoms with Crippen LogP contribution < -0.4 is 10.1 Å². The summed E-state index contributed by atoms with van der Waals surface area (Å²) in [7, 11) is 0. The first kappa shape index (κ1) is 17.7. The van der Waals surface area contributed by atoms with Crippen LogP contribution in [0.25, 0.3) is 11.1 Å². The summed E-state index contributed by atoms with van der Waals surface area (Å²) in [5, 5.41) is 14.3. The Morgan fingerprint density at radius 1 is 1.08 bits per heavy atom. The number of anilines is 1. The molecule has 3 rings (SSSR count). The topological polar surface area (TPSA) is 75.6 Å². The molecule has 5 nitrogen and oxygen atoms in total. The second-order valence-corrected chi connectivity index (χ2v) is 6.55. The maximum atomic E-state index is 12.1. The van der Waals surface area contributed by atoms with E-state index in [4.69, 9.17) is 4.74 Å². The van der Waals surface area contributed by atoms with Gasteiger partial charge in [-0.15, -0.1) is 11.3 Å². The number of ether oxygens (including phenoxy) is 1. The lowest BCUT2D eigenvalue weighted by Gasteiger charge is -2.08. The Hall–Kier alpha value is -3.12. The van der Waals surface area contributed by atoms with Gasteiger partial charge in [-0.2, -0.15) is 0 Å². The van der Waals surface area contributed by atoms with Crippen LogP contribution in [0.3, 0.4) is 0 Å². The minimum atomic E-state index is -1.08. The molecule has 132 valence electrons. The SMILES string of the molecule is Cc1ccc(-c2csc(NC(=O)COc3ccccc3)c2C(=O)O)cc1. The zero-order valence-electron chi connectivity index (χ0n) is 14.1. The van der Waals surface area contributed by atoms with Crippen molar-refractivity contribution in [2.45, 2.75) is 6.92 Å². The van der Waals surface area contributed by atoms with E-state index in [1.807, 2.05) is 49.4 Å². The molecular weight excluding hydrogens is 350 g/mol. The van der Waals surface area contributed by atoms with Crippen molar-refractivity contribution in [2.24, 2.45) is 0 Å². The molecule has 0 unspecified atom stereocenters. The van der Waals surface area contributed by atoms with Crippen LogP contribution in [0.15, 0.2) is 60.0 Å². The quantitative estimate of drug-likeness (QED) is 0.675. The molecule has 0 fully saturated rings. The van der Waals surface area contributed by atoms with Crippen molar-refractivity contribution in [1.82, 2.24) is 0 Å². The summed E-state index contributed by atoms with van der Waals surface area (Å²) in [5.74, 6) is -0.914. The van der Waals surface area contributed by atoms with Gasteiger partial charge in [0.05, 0.1) is 0 Å². The van der Waals surface area contributed by atoms with Crippen LogP contribution in [0.2, 0.25) is 0 Å². The molecule has 26 heavy (non-hydrogen) atoms. The highest BCUT2D eigenvalue weighted by atomic mass is 32.1. The Labute approximate surface area is 154 Å². The fourth-order valence-corrected chi connectivity index (χ4v) is 3.41. The van der Waals surface area contributed by atoms with E-state index < -0.39 is 11.9 Å². The first-order chi connectivity index (χ1) is 12.5. The summed E-state index contributed by atoms with van der Waals surface area (Å²) in [6.45, 7) is 1.77. The van der Waals surface area contributed by atoms with E-state index in [0.717, 1.165) is 11.1 Å². The summed E-state index contributed by atoms with van der Waals surface area (Å²) in [6, 6.07) is 16.5. The third kappa shape index (κ3) is 4.10. The van der Waals surface area contributed by atoms with Gasteiger partial charge in [0.2, 0.25) is 0 Å². The zero-order chi connectivity index (χ0) is 18.5. The number of carbonyl (C=O) groups excluding carboxylic acids is 1. The summed E-state index contributed by atoms with van der Waals surface area (Å²) in [4.78, 5) is 23.9. The van der Waals surface area contributed by atoms with Crippen molar-refractivity contribution in [2.75, 3.05) is 11.9 Å². The molecule has 2 aromatic carbocycles. The van der Waals surface area contributed by atoms with Gasteiger partial charge in [0.1, 0.15) is 16.3 Å². The van der Waals surface area contributed by atoms with E-state index in [0.29, 0.717) is 16.3 Å². The Morgan fingerprint density at radius 3 is 2.42 bits per heavy atom. The van der Waals surface area contributed by atoms with Gasteiger partial charge in [-0.05, 0) is 24.6 Å². The van der Waals surface area contributed by atoms with Crippen LogP contribution in [-0.4, -0.2) is 23.6 Å². The van der Waals surface area contributed by atoms with E-state index in [-0.39, 0.29) is 12.2 Å². The van der Waals surface area contributed by atoms with Crippen molar-refractivity contribution >= 4 is 28.2 Å². The normalized spacial score (nSPS) is 10.3. The van der Waals surface area contributed by atoms with Crippen molar-refractivity contribution < 1.29 is 19.4 Å². The maximum absolute atomic E-state index is 12.1. The monoisotopic (exact) mass is 367 g/mol. The molecule has 1 aromatic heterocycles. The van der Waals surface area contributed by atoms with Gasteiger partial charge in [0, 0.05) is 10.9 Å². The predicted molar refractivity (Wildman–Crippen MR) is 102 cm³/mol. The van der Waals surface area contributed by atoms with Gasteiger partial charge in [-0.25, -0.2) is 4.79 Å². The second kappa shape index (κ2) is 7.84. The van der Waals surface area contributed by atoms with Crippen LogP contribution in [0.4, 0.5) is 5.00 Å². The molecular formula is C20H17NO4S. The van der Waals surface area contributed by atoms with Crippen LogP contribution in [0.1, 0.15) is 15.9 Å². The molecule has 1 amide bonds. The van der Waals surface area contributed by atoms with Gasteiger partial charge >= 0.3 is 5.97 Å². The molecule has 0 bridgehead atoms. The van der Waals surface area contributed by atoms with E-state index in [2.05, 4.69) is 5.32 Å². The molecule has 0 aliphatic carbocycles. The highest BCUT2D eigenvalue weighted by Gasteiger charge is 2.21. The van der Waals surface area contributed by atoms with E-state index in [1.165, 1.54) is 11.3 Å². The Balaban J connectivity index is 1.76. The van der Waals surface area contributed by atoms with Gasteiger partial charge in [-0.3, -0.25) is 4.79 Å². The number of amides is 1. The lowest BCUT2D eigenvalue weighted by Crippen LogP contribution is -2.20. The number of benzene rings is 2. The number of aromatic carboxylic acids is 1. The predicted octanol–water partition coefficient (Wildman–Crippen LogP) is 4.44. The first-order valence-corrected chi connectivity index (χ1v) is 8.82. The smallest absolute Gasteiger partial charge is 0.339 e. The number of thiophene rings is 1. The van der Waals surface area contributed by atoms with Crippen molar-refractivity contribution in [1.29, 1.82) is 0 Å². The number of carboxylic acids is 1. The Morgan fingerprint density at radius 2 is 1.77 bits per heavy atom.